The van der Waals surface area contributed by atoms with Gasteiger partial charge in [0.05, 0.1) is 11.0 Å². The van der Waals surface area contributed by atoms with Gasteiger partial charge in [0.25, 0.3) is 0 Å². The number of nitrogens with one attached hydrogen (secondary N) is 2. The molecule has 0 saturated carbocycles. The van der Waals surface area contributed by atoms with Crippen LogP contribution in [0.25, 0.3) is 11.0 Å². The molecule has 156 valence electrons. The van der Waals surface area contributed by atoms with E-state index in [1.165, 1.54) is 6.92 Å². The number of urea groups is 1. The average Bonchev–Trinajstić information content (AvgIpc) is 3.20. The number of carbonyl (C=O) groups is 2. The van der Waals surface area contributed by atoms with Crippen LogP contribution in [0.2, 0.25) is 0 Å². The molecule has 0 fully saturated rings. The van der Waals surface area contributed by atoms with Crippen LogP contribution < -0.4 is 5.32 Å². The number of imidazole rings is 1. The number of nitrogens with zero attached hydrogens (tertiary/aromatic N) is 2. The lowest BCUT2D eigenvalue weighted by Crippen LogP contribution is -2.36. The van der Waals surface area contributed by atoms with Gasteiger partial charge in [0.1, 0.15) is 5.82 Å². The Balaban J connectivity index is 1.50. The Bertz CT molecular complexity index is 1170. The van der Waals surface area contributed by atoms with Crippen LogP contribution in [-0.4, -0.2) is 33.2 Å². The lowest BCUT2D eigenvalue weighted by molar-refractivity contribution is 0.101. The first-order valence-corrected chi connectivity index (χ1v) is 10.2. The molecule has 1 heterocycles. The third-order valence-electron chi connectivity index (χ3n) is 5.08. The fourth-order valence-corrected chi connectivity index (χ4v) is 3.44. The van der Waals surface area contributed by atoms with Crippen molar-refractivity contribution in [1.82, 2.24) is 14.9 Å². The van der Waals surface area contributed by atoms with Gasteiger partial charge in [-0.15, -0.1) is 0 Å². The molecule has 0 radical (unpaired) electrons. The van der Waals surface area contributed by atoms with E-state index >= 15 is 0 Å². The predicted octanol–water partition coefficient (Wildman–Crippen LogP) is 5.04. The SMILES string of the molecule is CC(=O)c1cccc(NC(=O)N(CCc2nc3ccccc3[nH]2)Cc2ccccc2)c1. The monoisotopic (exact) mass is 412 g/mol. The molecule has 0 atom stereocenters. The van der Waals surface area contributed by atoms with Crippen LogP contribution in [0.1, 0.15) is 28.7 Å². The first-order chi connectivity index (χ1) is 15.1. The van der Waals surface area contributed by atoms with Crippen molar-refractivity contribution in [2.45, 2.75) is 19.9 Å². The van der Waals surface area contributed by atoms with Gasteiger partial charge in [-0.2, -0.15) is 0 Å². The van der Waals surface area contributed by atoms with Crippen LogP contribution in [0.15, 0.2) is 78.9 Å². The summed E-state index contributed by atoms with van der Waals surface area (Å²) in [5, 5.41) is 2.92. The third-order valence-corrected chi connectivity index (χ3v) is 5.08. The number of aromatic nitrogens is 2. The zero-order chi connectivity index (χ0) is 21.6. The Morgan fingerprint density at radius 3 is 2.52 bits per heavy atom. The summed E-state index contributed by atoms with van der Waals surface area (Å²) in [4.78, 5) is 34.4. The van der Waals surface area contributed by atoms with Crippen molar-refractivity contribution in [3.63, 3.8) is 0 Å². The van der Waals surface area contributed by atoms with Crippen molar-refractivity contribution in [2.24, 2.45) is 0 Å². The molecule has 2 amide bonds. The Morgan fingerprint density at radius 2 is 1.74 bits per heavy atom. The highest BCUT2D eigenvalue weighted by Crippen LogP contribution is 2.15. The van der Waals surface area contributed by atoms with Gasteiger partial charge in [-0.05, 0) is 36.8 Å². The number of aromatic amines is 1. The number of carbonyl (C=O) groups excluding carboxylic acids is 2. The number of amides is 2. The van der Waals surface area contributed by atoms with Crippen LogP contribution in [-0.2, 0) is 13.0 Å². The fraction of sp³-hybridized carbons (Fsp3) is 0.160. The van der Waals surface area contributed by atoms with E-state index in [9.17, 15) is 9.59 Å². The summed E-state index contributed by atoms with van der Waals surface area (Å²) in [6.45, 7) is 2.47. The smallest absolute Gasteiger partial charge is 0.322 e. The first kappa shape index (κ1) is 20.3. The Morgan fingerprint density at radius 1 is 0.968 bits per heavy atom. The molecule has 4 rings (SSSR count). The van der Waals surface area contributed by atoms with E-state index in [2.05, 4.69) is 15.3 Å². The number of ketones is 1. The minimum atomic E-state index is -0.222. The van der Waals surface area contributed by atoms with Gasteiger partial charge in [-0.3, -0.25) is 4.79 Å². The minimum absolute atomic E-state index is 0.0397. The summed E-state index contributed by atoms with van der Waals surface area (Å²) in [5.41, 5.74) is 4.10. The Kier molecular flexibility index (Phi) is 6.08. The van der Waals surface area contributed by atoms with Crippen LogP contribution in [0.3, 0.4) is 0 Å². The van der Waals surface area contributed by atoms with Gasteiger partial charge in [0, 0.05) is 30.8 Å². The van der Waals surface area contributed by atoms with Gasteiger partial charge in [-0.25, -0.2) is 9.78 Å². The predicted molar refractivity (Wildman–Crippen MR) is 122 cm³/mol. The van der Waals surface area contributed by atoms with E-state index in [0.29, 0.717) is 30.8 Å². The molecular formula is C25H24N4O2. The second kappa shape index (κ2) is 9.26. The Labute approximate surface area is 180 Å². The van der Waals surface area contributed by atoms with Gasteiger partial charge < -0.3 is 15.2 Å². The molecule has 0 saturated heterocycles. The lowest BCUT2D eigenvalue weighted by atomic mass is 10.1. The number of Topliss-reactive ketones (excluding diaryl/α,β-unsaturated/α-hetero) is 1. The molecule has 0 aliphatic carbocycles. The fourth-order valence-electron chi connectivity index (χ4n) is 3.44. The third kappa shape index (κ3) is 5.17. The van der Waals surface area contributed by atoms with Crippen molar-refractivity contribution in [2.75, 3.05) is 11.9 Å². The van der Waals surface area contributed by atoms with Crippen LogP contribution in [0, 0.1) is 0 Å². The normalized spacial score (nSPS) is 10.7. The number of anilines is 1. The summed E-state index contributed by atoms with van der Waals surface area (Å²) in [6, 6.07) is 24.5. The molecule has 6 heteroatoms. The van der Waals surface area contributed by atoms with Crippen LogP contribution in [0.4, 0.5) is 10.5 Å². The summed E-state index contributed by atoms with van der Waals surface area (Å²) in [7, 11) is 0. The zero-order valence-electron chi connectivity index (χ0n) is 17.3. The molecule has 0 spiro atoms. The maximum Gasteiger partial charge on any atom is 0.322 e. The van der Waals surface area contributed by atoms with Gasteiger partial charge in [0.15, 0.2) is 5.78 Å². The van der Waals surface area contributed by atoms with Crippen molar-refractivity contribution in [3.8, 4) is 0 Å². The topological polar surface area (TPSA) is 78.1 Å². The van der Waals surface area contributed by atoms with E-state index in [1.807, 2.05) is 54.6 Å². The van der Waals surface area contributed by atoms with Crippen molar-refractivity contribution < 1.29 is 9.59 Å². The summed E-state index contributed by atoms with van der Waals surface area (Å²) in [6.07, 6.45) is 0.600. The number of hydrogen-bond donors (Lipinski definition) is 2. The number of hydrogen-bond acceptors (Lipinski definition) is 3. The van der Waals surface area contributed by atoms with E-state index in [1.54, 1.807) is 29.2 Å². The number of fused-ring (bicyclic) bond motifs is 1. The molecule has 1 aromatic heterocycles. The van der Waals surface area contributed by atoms with Crippen molar-refractivity contribution in [3.05, 3.63) is 95.8 Å². The number of benzene rings is 3. The van der Waals surface area contributed by atoms with Crippen LogP contribution in [0.5, 0.6) is 0 Å². The average molecular weight is 412 g/mol. The second-order valence-corrected chi connectivity index (χ2v) is 7.42. The molecule has 6 nitrogen and oxygen atoms in total. The van der Waals surface area contributed by atoms with E-state index < -0.39 is 0 Å². The zero-order valence-corrected chi connectivity index (χ0v) is 17.3. The highest BCUT2D eigenvalue weighted by atomic mass is 16.2. The van der Waals surface area contributed by atoms with Gasteiger partial charge in [0.2, 0.25) is 0 Å². The lowest BCUT2D eigenvalue weighted by Gasteiger charge is -2.23. The summed E-state index contributed by atoms with van der Waals surface area (Å²) >= 11 is 0. The van der Waals surface area contributed by atoms with Crippen LogP contribution >= 0.6 is 0 Å². The largest absolute Gasteiger partial charge is 0.342 e. The molecule has 0 bridgehead atoms. The second-order valence-electron chi connectivity index (χ2n) is 7.42. The highest BCUT2D eigenvalue weighted by Gasteiger charge is 2.16. The number of para-hydroxylation sites is 2. The Hall–Kier alpha value is -3.93. The number of H-pyrrole nitrogens is 1. The molecule has 4 aromatic rings. The van der Waals surface area contributed by atoms with Crippen molar-refractivity contribution in [1.29, 1.82) is 0 Å². The van der Waals surface area contributed by atoms with Gasteiger partial charge in [-0.1, -0.05) is 54.6 Å². The first-order valence-electron chi connectivity index (χ1n) is 10.2. The quantitative estimate of drug-likeness (QED) is 0.417. The standard InChI is InChI=1S/C25H24N4O2/c1-18(30)20-10-7-11-21(16-20)26-25(31)29(17-19-8-3-2-4-9-19)15-14-24-27-22-12-5-6-13-23(22)28-24/h2-13,16H,14-15,17H2,1H3,(H,26,31)(H,27,28). The molecule has 0 aliphatic heterocycles. The van der Waals surface area contributed by atoms with Gasteiger partial charge >= 0.3 is 6.03 Å². The molecule has 0 aliphatic rings. The van der Waals surface area contributed by atoms with E-state index in [-0.39, 0.29) is 11.8 Å². The highest BCUT2D eigenvalue weighted by molar-refractivity contribution is 5.96. The van der Waals surface area contributed by atoms with E-state index in [0.717, 1.165) is 22.4 Å². The van der Waals surface area contributed by atoms with E-state index in [4.69, 9.17) is 0 Å². The summed E-state index contributed by atoms with van der Waals surface area (Å²) < 4.78 is 0. The molecule has 0 unspecified atom stereocenters. The minimum Gasteiger partial charge on any atom is -0.342 e. The maximum absolute atomic E-state index is 13.1. The molecule has 3 aromatic carbocycles. The van der Waals surface area contributed by atoms with Crippen molar-refractivity contribution >= 4 is 28.5 Å². The molecular weight excluding hydrogens is 388 g/mol. The maximum atomic E-state index is 13.1. The molecule has 2 N–H and O–H groups in total. The number of rotatable bonds is 7. The molecule has 31 heavy (non-hydrogen) atoms. The summed E-state index contributed by atoms with van der Waals surface area (Å²) in [5.74, 6) is 0.799.